The molecule has 1 saturated heterocycles. The van der Waals surface area contributed by atoms with E-state index in [9.17, 15) is 25.0 Å². The van der Waals surface area contributed by atoms with Crippen molar-refractivity contribution in [2.45, 2.75) is 56.3 Å². The highest BCUT2D eigenvalue weighted by Gasteiger charge is 2.28. The van der Waals surface area contributed by atoms with Crippen LogP contribution in [-0.4, -0.2) is 38.0 Å². The molecule has 1 aliphatic heterocycles. The minimum atomic E-state index is -0.819. The first kappa shape index (κ1) is 27.4. The normalized spacial score (nSPS) is 16.8. The fourth-order valence-electron chi connectivity index (χ4n) is 3.87. The Morgan fingerprint density at radius 3 is 2.71 bits per heavy atom. The van der Waals surface area contributed by atoms with Gasteiger partial charge in [0, 0.05) is 30.5 Å². The van der Waals surface area contributed by atoms with Crippen LogP contribution in [0.15, 0.2) is 51.5 Å². The lowest BCUT2D eigenvalue weighted by Gasteiger charge is -2.16. The summed E-state index contributed by atoms with van der Waals surface area (Å²) in [6.07, 6.45) is 6.09. The van der Waals surface area contributed by atoms with Crippen molar-refractivity contribution in [3.05, 3.63) is 71.9 Å². The highest BCUT2D eigenvalue weighted by atomic mass is 32.2. The summed E-state index contributed by atoms with van der Waals surface area (Å²) < 4.78 is 7.66. The molecule has 0 radical (unpaired) electrons. The van der Waals surface area contributed by atoms with Crippen molar-refractivity contribution in [2.75, 3.05) is 6.61 Å². The molecule has 1 aliphatic rings. The lowest BCUT2D eigenvalue weighted by Crippen LogP contribution is -2.37. The molecule has 4 rings (SSSR count). The first-order valence-electron chi connectivity index (χ1n) is 11.8. The number of ketones is 1. The molecule has 196 valence electrons. The Morgan fingerprint density at radius 1 is 1.37 bits per heavy atom. The van der Waals surface area contributed by atoms with E-state index in [-0.39, 0.29) is 44.4 Å². The van der Waals surface area contributed by atoms with Crippen molar-refractivity contribution in [2.24, 2.45) is 5.41 Å². The molecule has 2 aromatic heterocycles. The van der Waals surface area contributed by atoms with Gasteiger partial charge in [0.25, 0.3) is 11.2 Å². The second kappa shape index (κ2) is 11.4. The number of benzene rings is 1. The van der Waals surface area contributed by atoms with Gasteiger partial charge in [0.1, 0.15) is 16.3 Å². The lowest BCUT2D eigenvalue weighted by molar-refractivity contribution is -0.387. The van der Waals surface area contributed by atoms with Gasteiger partial charge in [-0.15, -0.1) is 11.3 Å². The number of nitriles is 1. The number of carbonyl (C=O) groups excluding carboxylic acids is 1. The number of hydrogen-bond donors (Lipinski definition) is 0. The van der Waals surface area contributed by atoms with Gasteiger partial charge in [-0.25, -0.2) is 9.97 Å². The van der Waals surface area contributed by atoms with Gasteiger partial charge in [-0.2, -0.15) is 5.26 Å². The molecule has 0 aliphatic carbocycles. The van der Waals surface area contributed by atoms with Crippen LogP contribution in [0.1, 0.15) is 39.2 Å². The molecule has 1 aromatic carbocycles. The van der Waals surface area contributed by atoms with Crippen molar-refractivity contribution in [3.63, 3.8) is 0 Å². The smallest absolute Gasteiger partial charge is 0.283 e. The van der Waals surface area contributed by atoms with Gasteiger partial charge in [-0.1, -0.05) is 26.8 Å². The number of nitro groups is 1. The summed E-state index contributed by atoms with van der Waals surface area (Å²) in [7, 11) is 0. The van der Waals surface area contributed by atoms with Gasteiger partial charge in [-0.05, 0) is 48.4 Å². The van der Waals surface area contributed by atoms with Crippen LogP contribution in [0.25, 0.3) is 11.6 Å². The van der Waals surface area contributed by atoms with Crippen LogP contribution in [0.2, 0.25) is 0 Å². The Hall–Kier alpha value is -3.66. The number of ether oxygens (including phenoxy) is 1. The molecule has 0 amide bonds. The Morgan fingerprint density at radius 2 is 2.11 bits per heavy atom. The third-order valence-electron chi connectivity index (χ3n) is 5.77. The van der Waals surface area contributed by atoms with Gasteiger partial charge in [0.05, 0.1) is 27.0 Å². The van der Waals surface area contributed by atoms with E-state index in [4.69, 9.17) is 4.74 Å². The monoisotopic (exact) mass is 551 g/mol. The molecule has 3 aromatic rings. The second-order valence-corrected chi connectivity index (χ2v) is 11.7. The SMILES string of the molecule is CC(C)(C)C(=O)/C(C#N)=c1\s/c(=C\c2ccc(Sc3ncccn3)c([N+](=O)[O-])c2)c(=O)n1C[C@@H]1CCCO1. The zero-order valence-electron chi connectivity index (χ0n) is 21.0. The van der Waals surface area contributed by atoms with Gasteiger partial charge >= 0.3 is 0 Å². The summed E-state index contributed by atoms with van der Waals surface area (Å²) in [5, 5.41) is 22.1. The van der Waals surface area contributed by atoms with E-state index < -0.39 is 10.3 Å². The van der Waals surface area contributed by atoms with E-state index in [0.29, 0.717) is 22.2 Å². The van der Waals surface area contributed by atoms with E-state index >= 15 is 0 Å². The standard InChI is InChI=1S/C26H25N5O5S2/c1-26(2,3)22(32)18(14-27)24-30(15-17-6-4-11-36-17)23(33)21(37-24)13-16-7-8-20(19(12-16)31(34)35)38-25-28-9-5-10-29-25/h5,7-10,12-13,17H,4,6,11,15H2,1-3H3/b21-13-,24-18-/t17-/m0/s1. The van der Waals surface area contributed by atoms with Gasteiger partial charge in [-0.3, -0.25) is 24.3 Å². The van der Waals surface area contributed by atoms with Gasteiger partial charge < -0.3 is 4.74 Å². The van der Waals surface area contributed by atoms with Crippen LogP contribution in [0.5, 0.6) is 0 Å². The molecule has 0 bridgehead atoms. The highest BCUT2D eigenvalue weighted by Crippen LogP contribution is 2.33. The molecule has 0 saturated carbocycles. The van der Waals surface area contributed by atoms with Crippen LogP contribution < -0.4 is 14.8 Å². The first-order valence-corrected chi connectivity index (χ1v) is 13.5. The Bertz CT molecular complexity index is 1590. The third kappa shape index (κ3) is 6.07. The Labute approximate surface area is 226 Å². The summed E-state index contributed by atoms with van der Waals surface area (Å²) in [6, 6.07) is 8.29. The number of carbonyl (C=O) groups is 1. The number of rotatable bonds is 7. The summed E-state index contributed by atoms with van der Waals surface area (Å²) in [5.74, 6) is -0.367. The number of nitro benzene ring substituents is 1. The van der Waals surface area contributed by atoms with Crippen molar-refractivity contribution in [3.8, 4) is 6.07 Å². The Kier molecular flexibility index (Phi) is 8.20. The summed E-state index contributed by atoms with van der Waals surface area (Å²) in [5.41, 5.74) is -1.00. The van der Waals surface area contributed by atoms with Crippen molar-refractivity contribution >= 4 is 46.2 Å². The maximum Gasteiger partial charge on any atom is 0.283 e. The highest BCUT2D eigenvalue weighted by molar-refractivity contribution is 7.99. The average Bonchev–Trinajstić information content (AvgIpc) is 3.50. The average molecular weight is 552 g/mol. The van der Waals surface area contributed by atoms with Crippen LogP contribution in [0.4, 0.5) is 5.69 Å². The maximum absolute atomic E-state index is 13.5. The summed E-state index contributed by atoms with van der Waals surface area (Å²) in [6.45, 7) is 5.96. The fourth-order valence-corrected chi connectivity index (χ4v) is 5.78. The minimum absolute atomic E-state index is 0.0853. The number of thiazole rings is 1. The topological polar surface area (TPSA) is 141 Å². The zero-order valence-corrected chi connectivity index (χ0v) is 22.7. The van der Waals surface area contributed by atoms with E-state index in [1.807, 2.05) is 6.07 Å². The fraction of sp³-hybridized carbons (Fsp3) is 0.346. The molecule has 0 spiro atoms. The second-order valence-electron chi connectivity index (χ2n) is 9.65. The summed E-state index contributed by atoms with van der Waals surface area (Å²) >= 11 is 2.09. The number of nitrogens with zero attached hydrogens (tertiary/aromatic N) is 5. The quantitative estimate of drug-likeness (QED) is 0.246. The molecule has 3 heterocycles. The van der Waals surface area contributed by atoms with E-state index in [1.165, 1.54) is 10.6 Å². The maximum atomic E-state index is 13.5. The van der Waals surface area contributed by atoms with Crippen LogP contribution in [0, 0.1) is 26.9 Å². The van der Waals surface area contributed by atoms with Crippen LogP contribution in [-0.2, 0) is 16.1 Å². The molecule has 38 heavy (non-hydrogen) atoms. The van der Waals surface area contributed by atoms with Crippen molar-refractivity contribution in [1.82, 2.24) is 14.5 Å². The van der Waals surface area contributed by atoms with Gasteiger partial charge in [0.15, 0.2) is 10.9 Å². The van der Waals surface area contributed by atoms with Crippen molar-refractivity contribution < 1.29 is 14.5 Å². The molecule has 1 atom stereocenters. The van der Waals surface area contributed by atoms with Crippen LogP contribution in [0.3, 0.4) is 0 Å². The molecule has 0 N–H and O–H groups in total. The minimum Gasteiger partial charge on any atom is -0.376 e. The van der Waals surface area contributed by atoms with Crippen molar-refractivity contribution in [1.29, 1.82) is 5.26 Å². The third-order valence-corrected chi connectivity index (χ3v) is 7.86. The molecular formula is C26H25N5O5S2. The predicted octanol–water partition coefficient (Wildman–Crippen LogP) is 3.06. The number of aromatic nitrogens is 3. The molecule has 10 nitrogen and oxygen atoms in total. The first-order chi connectivity index (χ1) is 18.1. The Balaban J connectivity index is 1.86. The molecule has 12 heteroatoms. The van der Waals surface area contributed by atoms with Crippen LogP contribution >= 0.6 is 23.1 Å². The number of hydrogen-bond acceptors (Lipinski definition) is 10. The van der Waals surface area contributed by atoms with Gasteiger partial charge in [0.2, 0.25) is 0 Å². The summed E-state index contributed by atoms with van der Waals surface area (Å²) in [4.78, 5) is 46.4. The van der Waals surface area contributed by atoms with E-state index in [1.54, 1.807) is 57.4 Å². The largest absolute Gasteiger partial charge is 0.376 e. The molecule has 0 unspecified atom stereocenters. The molecular weight excluding hydrogens is 526 g/mol. The van der Waals surface area contributed by atoms with E-state index in [2.05, 4.69) is 9.97 Å². The lowest BCUT2D eigenvalue weighted by atomic mass is 9.87. The zero-order chi connectivity index (χ0) is 27.4. The molecule has 1 fully saturated rings. The number of Topliss-reactive ketones (excluding diaryl/α,β-unsaturated/α-hetero) is 1. The van der Waals surface area contributed by atoms with E-state index in [0.717, 1.165) is 35.9 Å². The predicted molar refractivity (Wildman–Crippen MR) is 143 cm³/mol.